The Morgan fingerprint density at radius 2 is 2.08 bits per heavy atom. The van der Waals surface area contributed by atoms with Crippen LogP contribution in [0.1, 0.15) is 16.9 Å². The zero-order valence-corrected chi connectivity index (χ0v) is 15.5. The second-order valence-electron chi connectivity index (χ2n) is 5.35. The maximum absolute atomic E-state index is 12.4. The number of halogens is 2. The number of nitrogens with one attached hydrogen (secondary N) is 1. The summed E-state index contributed by atoms with van der Waals surface area (Å²) >= 11 is 7.56. The lowest BCUT2D eigenvalue weighted by Gasteiger charge is -2.23. The van der Waals surface area contributed by atoms with Crippen LogP contribution in [0.4, 0.5) is 0 Å². The Labute approximate surface area is 156 Å². The number of amides is 1. The first-order chi connectivity index (χ1) is 11.1. The van der Waals surface area contributed by atoms with E-state index in [9.17, 15) is 4.79 Å². The normalized spacial score (nSPS) is 16.5. The van der Waals surface area contributed by atoms with Crippen LogP contribution < -0.4 is 5.32 Å². The van der Waals surface area contributed by atoms with Crippen LogP contribution in [0.2, 0.25) is 5.02 Å². The van der Waals surface area contributed by atoms with Gasteiger partial charge in [0, 0.05) is 24.5 Å². The van der Waals surface area contributed by atoms with Crippen molar-refractivity contribution in [1.82, 2.24) is 20.4 Å². The predicted octanol–water partition coefficient (Wildman–Crippen LogP) is 3.14. The van der Waals surface area contributed by atoms with Gasteiger partial charge in [-0.1, -0.05) is 35.5 Å². The summed E-state index contributed by atoms with van der Waals surface area (Å²) in [5.41, 5.74) is 0.364. The zero-order chi connectivity index (χ0) is 16.2. The van der Waals surface area contributed by atoms with E-state index in [1.165, 1.54) is 11.8 Å². The molecular formula is C16H18Cl2N4OS. The fourth-order valence-corrected chi connectivity index (χ4v) is 3.45. The Morgan fingerprint density at radius 3 is 2.71 bits per heavy atom. The van der Waals surface area contributed by atoms with E-state index in [1.54, 1.807) is 17.0 Å². The highest BCUT2D eigenvalue weighted by atomic mass is 35.5. The van der Waals surface area contributed by atoms with Gasteiger partial charge in [-0.15, -0.1) is 22.6 Å². The first-order valence-electron chi connectivity index (χ1n) is 7.39. The monoisotopic (exact) mass is 384 g/mol. The molecule has 24 heavy (non-hydrogen) atoms. The molecule has 1 fully saturated rings. The Kier molecular flexibility index (Phi) is 6.86. The fourth-order valence-electron chi connectivity index (χ4n) is 2.45. The average molecular weight is 385 g/mol. The van der Waals surface area contributed by atoms with Crippen LogP contribution in [-0.2, 0) is 0 Å². The molecule has 0 aliphatic carbocycles. The third-order valence-corrected chi connectivity index (χ3v) is 5.26. The molecule has 0 bridgehead atoms. The third kappa shape index (κ3) is 4.39. The minimum absolute atomic E-state index is 0. The summed E-state index contributed by atoms with van der Waals surface area (Å²) in [4.78, 5) is 15.1. The molecule has 128 valence electrons. The molecule has 3 rings (SSSR count). The maximum Gasteiger partial charge on any atom is 0.274 e. The first kappa shape index (κ1) is 19.0. The molecule has 0 spiro atoms. The number of carbonyl (C=O) groups excluding carboxylic acids is 1. The smallest absolute Gasteiger partial charge is 0.274 e. The van der Waals surface area contributed by atoms with E-state index in [0.29, 0.717) is 15.7 Å². The van der Waals surface area contributed by atoms with Crippen molar-refractivity contribution in [2.45, 2.75) is 22.4 Å². The second kappa shape index (κ2) is 8.67. The molecule has 1 aliphatic heterocycles. The van der Waals surface area contributed by atoms with Gasteiger partial charge in [-0.05, 0) is 37.2 Å². The SMILES string of the molecule is CN(C(=O)c1ccc(Sc2ccccc2Cl)nn1)C1CCNC1.Cl. The summed E-state index contributed by atoms with van der Waals surface area (Å²) in [5.74, 6) is -0.0968. The molecule has 1 aliphatic rings. The van der Waals surface area contributed by atoms with Gasteiger partial charge in [0.2, 0.25) is 0 Å². The van der Waals surface area contributed by atoms with Crippen molar-refractivity contribution in [3.8, 4) is 0 Å². The number of carbonyl (C=O) groups is 1. The summed E-state index contributed by atoms with van der Waals surface area (Å²) in [7, 11) is 1.81. The largest absolute Gasteiger partial charge is 0.336 e. The third-order valence-electron chi connectivity index (χ3n) is 3.81. The van der Waals surface area contributed by atoms with Gasteiger partial charge in [0.1, 0.15) is 5.03 Å². The highest BCUT2D eigenvalue weighted by Gasteiger charge is 2.24. The van der Waals surface area contributed by atoms with Crippen LogP contribution in [0, 0.1) is 0 Å². The maximum atomic E-state index is 12.4. The Morgan fingerprint density at radius 1 is 1.29 bits per heavy atom. The van der Waals surface area contributed by atoms with Crippen LogP contribution in [0.25, 0.3) is 0 Å². The van der Waals surface area contributed by atoms with Crippen molar-refractivity contribution in [3.63, 3.8) is 0 Å². The lowest BCUT2D eigenvalue weighted by atomic mass is 10.2. The van der Waals surface area contributed by atoms with Gasteiger partial charge in [-0.2, -0.15) is 0 Å². The Balaban J connectivity index is 0.00000208. The molecule has 2 heterocycles. The van der Waals surface area contributed by atoms with Crippen LogP contribution >= 0.6 is 35.8 Å². The quantitative estimate of drug-likeness (QED) is 0.877. The Hall–Kier alpha value is -1.34. The van der Waals surface area contributed by atoms with Gasteiger partial charge in [-0.25, -0.2) is 0 Å². The summed E-state index contributed by atoms with van der Waals surface area (Å²) in [6, 6.07) is 11.3. The van der Waals surface area contributed by atoms with Crippen molar-refractivity contribution in [1.29, 1.82) is 0 Å². The van der Waals surface area contributed by atoms with Crippen molar-refractivity contribution in [2.24, 2.45) is 0 Å². The number of likely N-dealkylation sites (N-methyl/N-ethyl adjacent to an activating group) is 1. The van der Waals surface area contributed by atoms with E-state index in [1.807, 2.05) is 31.3 Å². The van der Waals surface area contributed by atoms with Crippen LogP contribution in [0.5, 0.6) is 0 Å². The molecule has 1 N–H and O–H groups in total. The van der Waals surface area contributed by atoms with Crippen LogP contribution in [0.15, 0.2) is 46.3 Å². The first-order valence-corrected chi connectivity index (χ1v) is 8.58. The summed E-state index contributed by atoms with van der Waals surface area (Å²) < 4.78 is 0. The molecule has 1 atom stereocenters. The van der Waals surface area contributed by atoms with Crippen molar-refractivity contribution < 1.29 is 4.79 Å². The molecule has 1 aromatic heterocycles. The minimum atomic E-state index is -0.0968. The lowest BCUT2D eigenvalue weighted by Crippen LogP contribution is -2.38. The molecule has 5 nitrogen and oxygen atoms in total. The number of nitrogens with zero attached hydrogens (tertiary/aromatic N) is 3. The molecule has 8 heteroatoms. The van der Waals surface area contributed by atoms with E-state index in [-0.39, 0.29) is 24.4 Å². The molecular weight excluding hydrogens is 367 g/mol. The number of hydrogen-bond acceptors (Lipinski definition) is 5. The fraction of sp³-hybridized carbons (Fsp3) is 0.312. The molecule has 2 aromatic rings. The zero-order valence-electron chi connectivity index (χ0n) is 13.1. The molecule has 0 saturated carbocycles. The van der Waals surface area contributed by atoms with E-state index in [2.05, 4.69) is 15.5 Å². The van der Waals surface area contributed by atoms with Crippen molar-refractivity contribution in [2.75, 3.05) is 20.1 Å². The van der Waals surface area contributed by atoms with Gasteiger partial charge in [-0.3, -0.25) is 4.79 Å². The van der Waals surface area contributed by atoms with Crippen molar-refractivity contribution >= 4 is 41.7 Å². The number of aromatic nitrogens is 2. The van der Waals surface area contributed by atoms with E-state index in [4.69, 9.17) is 11.6 Å². The highest BCUT2D eigenvalue weighted by molar-refractivity contribution is 7.99. The minimum Gasteiger partial charge on any atom is -0.336 e. The average Bonchev–Trinajstić information content (AvgIpc) is 3.11. The van der Waals surface area contributed by atoms with Gasteiger partial charge >= 0.3 is 0 Å². The van der Waals surface area contributed by atoms with E-state index in [0.717, 1.165) is 24.4 Å². The van der Waals surface area contributed by atoms with Crippen molar-refractivity contribution in [3.05, 3.63) is 47.1 Å². The predicted molar refractivity (Wildman–Crippen MR) is 98.2 cm³/mol. The number of benzene rings is 1. The summed E-state index contributed by atoms with van der Waals surface area (Å²) in [5, 5.41) is 12.8. The second-order valence-corrected chi connectivity index (χ2v) is 6.82. The summed E-state index contributed by atoms with van der Waals surface area (Å²) in [6.07, 6.45) is 0.968. The lowest BCUT2D eigenvalue weighted by molar-refractivity contribution is 0.0736. The highest BCUT2D eigenvalue weighted by Crippen LogP contribution is 2.31. The van der Waals surface area contributed by atoms with Gasteiger partial charge in [0.15, 0.2) is 5.69 Å². The van der Waals surface area contributed by atoms with Crippen LogP contribution in [-0.4, -0.2) is 47.2 Å². The van der Waals surface area contributed by atoms with E-state index >= 15 is 0 Å². The number of rotatable bonds is 4. The van der Waals surface area contributed by atoms with Gasteiger partial charge < -0.3 is 10.2 Å². The van der Waals surface area contributed by atoms with Gasteiger partial charge in [0.25, 0.3) is 5.91 Å². The molecule has 1 saturated heterocycles. The standard InChI is InChI=1S/C16H17ClN4OS.ClH/c1-21(11-8-9-18-10-11)16(22)13-6-7-15(20-19-13)23-14-5-3-2-4-12(14)17;/h2-7,11,18H,8-10H2,1H3;1H. The van der Waals surface area contributed by atoms with Crippen LogP contribution in [0.3, 0.4) is 0 Å². The Bertz CT molecular complexity index is 693. The topological polar surface area (TPSA) is 58.1 Å². The molecule has 0 radical (unpaired) electrons. The summed E-state index contributed by atoms with van der Waals surface area (Å²) in [6.45, 7) is 1.78. The molecule has 1 amide bonds. The molecule has 1 unspecified atom stereocenters. The number of hydrogen-bond donors (Lipinski definition) is 1. The van der Waals surface area contributed by atoms with Gasteiger partial charge in [0.05, 0.1) is 5.02 Å². The molecule has 1 aromatic carbocycles. The van der Waals surface area contributed by atoms with E-state index < -0.39 is 0 Å².